The van der Waals surface area contributed by atoms with Crippen molar-refractivity contribution in [3.63, 3.8) is 0 Å². The molecule has 0 saturated carbocycles. The summed E-state index contributed by atoms with van der Waals surface area (Å²) >= 11 is 0. The van der Waals surface area contributed by atoms with Crippen molar-refractivity contribution >= 4 is 11.9 Å². The molecular formula is C26H34O4. The third-order valence-electron chi connectivity index (χ3n) is 5.14. The minimum atomic E-state index is -0.172. The van der Waals surface area contributed by atoms with Crippen LogP contribution in [0.15, 0.2) is 48.5 Å². The fraction of sp³-hybridized carbons (Fsp3) is 0.462. The number of aryl methyl sites for hydroxylation is 2. The van der Waals surface area contributed by atoms with Crippen molar-refractivity contribution < 1.29 is 19.1 Å². The van der Waals surface area contributed by atoms with E-state index in [-0.39, 0.29) is 11.9 Å². The highest BCUT2D eigenvalue weighted by Gasteiger charge is 2.06. The summed E-state index contributed by atoms with van der Waals surface area (Å²) in [6.45, 7) is 4.19. The van der Waals surface area contributed by atoms with E-state index >= 15 is 0 Å². The molecule has 2 aromatic carbocycles. The normalized spacial score (nSPS) is 10.6. The number of rotatable bonds is 13. The zero-order valence-corrected chi connectivity index (χ0v) is 18.3. The fourth-order valence-electron chi connectivity index (χ4n) is 3.20. The van der Waals surface area contributed by atoms with Crippen molar-refractivity contribution in [3.05, 3.63) is 59.7 Å². The van der Waals surface area contributed by atoms with Crippen LogP contribution in [0.4, 0.5) is 0 Å². The van der Waals surface area contributed by atoms with E-state index in [2.05, 4.69) is 13.8 Å². The Hall–Kier alpha value is -2.62. The van der Waals surface area contributed by atoms with E-state index in [9.17, 15) is 9.59 Å². The molecule has 4 nitrogen and oxygen atoms in total. The first-order chi connectivity index (χ1) is 14.6. The maximum atomic E-state index is 11.9. The standard InChI is InChI=1S/C26H34O4/c1-3-21-13-17-23(18-14-21)29-25(27)11-9-7-5-6-8-10-12-26(28)30-24-19-15-22(4-2)16-20-24/h13-20H,3-12H2,1-2H3. The van der Waals surface area contributed by atoms with Crippen LogP contribution >= 0.6 is 0 Å². The second-order valence-electron chi connectivity index (χ2n) is 7.56. The van der Waals surface area contributed by atoms with Gasteiger partial charge in [-0.15, -0.1) is 0 Å². The predicted molar refractivity (Wildman–Crippen MR) is 120 cm³/mol. The van der Waals surface area contributed by atoms with Gasteiger partial charge in [-0.2, -0.15) is 0 Å². The van der Waals surface area contributed by atoms with Crippen LogP contribution in [0, 0.1) is 0 Å². The lowest BCUT2D eigenvalue weighted by atomic mass is 10.1. The summed E-state index contributed by atoms with van der Waals surface area (Å²) in [6, 6.07) is 15.3. The van der Waals surface area contributed by atoms with Gasteiger partial charge in [0.25, 0.3) is 0 Å². The molecule has 0 radical (unpaired) electrons. The molecule has 0 spiro atoms. The van der Waals surface area contributed by atoms with E-state index in [1.807, 2.05) is 48.5 Å². The van der Waals surface area contributed by atoms with Gasteiger partial charge < -0.3 is 9.47 Å². The van der Waals surface area contributed by atoms with Crippen molar-refractivity contribution in [2.45, 2.75) is 78.1 Å². The van der Waals surface area contributed by atoms with E-state index in [4.69, 9.17) is 9.47 Å². The first kappa shape index (κ1) is 23.7. The summed E-state index contributed by atoms with van der Waals surface area (Å²) in [5.74, 6) is 0.888. The predicted octanol–water partition coefficient (Wildman–Crippen LogP) is 6.44. The number of hydrogen-bond acceptors (Lipinski definition) is 4. The van der Waals surface area contributed by atoms with Crippen LogP contribution in [-0.2, 0) is 22.4 Å². The SMILES string of the molecule is CCc1ccc(OC(=O)CCCCCCCCC(=O)Oc2ccc(CC)cc2)cc1. The molecule has 0 aromatic heterocycles. The Morgan fingerprint density at radius 1 is 0.567 bits per heavy atom. The lowest BCUT2D eigenvalue weighted by Gasteiger charge is -2.06. The lowest BCUT2D eigenvalue weighted by Crippen LogP contribution is -2.07. The van der Waals surface area contributed by atoms with E-state index in [0.717, 1.165) is 51.4 Å². The van der Waals surface area contributed by atoms with Gasteiger partial charge in [-0.05, 0) is 61.1 Å². The van der Waals surface area contributed by atoms with Gasteiger partial charge >= 0.3 is 11.9 Å². The molecule has 0 heterocycles. The van der Waals surface area contributed by atoms with Gasteiger partial charge in [0.05, 0.1) is 0 Å². The van der Waals surface area contributed by atoms with Crippen molar-refractivity contribution in [1.82, 2.24) is 0 Å². The molecule has 0 N–H and O–H groups in total. The molecule has 4 heteroatoms. The fourth-order valence-corrected chi connectivity index (χ4v) is 3.20. The van der Waals surface area contributed by atoms with Gasteiger partial charge in [-0.1, -0.05) is 63.8 Å². The first-order valence-corrected chi connectivity index (χ1v) is 11.2. The summed E-state index contributed by atoms with van der Waals surface area (Å²) in [5.41, 5.74) is 2.46. The molecule has 2 aromatic rings. The number of carbonyl (C=O) groups is 2. The maximum absolute atomic E-state index is 11.9. The molecule has 0 unspecified atom stereocenters. The van der Waals surface area contributed by atoms with Gasteiger partial charge in [-0.3, -0.25) is 9.59 Å². The Morgan fingerprint density at radius 2 is 0.900 bits per heavy atom. The van der Waals surface area contributed by atoms with Crippen molar-refractivity contribution in [3.8, 4) is 11.5 Å². The Kier molecular flexibility index (Phi) is 10.7. The van der Waals surface area contributed by atoms with E-state index < -0.39 is 0 Å². The topological polar surface area (TPSA) is 52.6 Å². The van der Waals surface area contributed by atoms with Gasteiger partial charge in [0.1, 0.15) is 11.5 Å². The largest absolute Gasteiger partial charge is 0.427 e. The summed E-state index contributed by atoms with van der Waals surface area (Å²) in [4.78, 5) is 23.8. The van der Waals surface area contributed by atoms with Crippen molar-refractivity contribution in [2.75, 3.05) is 0 Å². The number of ether oxygens (including phenoxy) is 2. The lowest BCUT2D eigenvalue weighted by molar-refractivity contribution is -0.135. The molecule has 30 heavy (non-hydrogen) atoms. The van der Waals surface area contributed by atoms with Crippen molar-refractivity contribution in [2.24, 2.45) is 0 Å². The highest BCUT2D eigenvalue weighted by Crippen LogP contribution is 2.16. The molecule has 0 fully saturated rings. The molecule has 0 aliphatic carbocycles. The molecule has 0 aliphatic heterocycles. The third-order valence-corrected chi connectivity index (χ3v) is 5.14. The van der Waals surface area contributed by atoms with E-state index in [1.54, 1.807) is 0 Å². The van der Waals surface area contributed by atoms with Crippen LogP contribution in [0.3, 0.4) is 0 Å². The second-order valence-corrected chi connectivity index (χ2v) is 7.56. The zero-order chi connectivity index (χ0) is 21.6. The summed E-state index contributed by atoms with van der Waals surface area (Å²) < 4.78 is 10.7. The number of unbranched alkanes of at least 4 members (excludes halogenated alkanes) is 5. The molecule has 0 amide bonds. The average Bonchev–Trinajstić information content (AvgIpc) is 2.76. The van der Waals surface area contributed by atoms with Gasteiger partial charge in [-0.25, -0.2) is 0 Å². The second kappa shape index (κ2) is 13.6. The Morgan fingerprint density at radius 3 is 1.23 bits per heavy atom. The minimum Gasteiger partial charge on any atom is -0.427 e. The molecule has 0 aliphatic rings. The maximum Gasteiger partial charge on any atom is 0.311 e. The number of benzene rings is 2. The van der Waals surface area contributed by atoms with Crippen LogP contribution < -0.4 is 9.47 Å². The molecular weight excluding hydrogens is 376 g/mol. The minimum absolute atomic E-state index is 0.172. The van der Waals surface area contributed by atoms with Gasteiger partial charge in [0.2, 0.25) is 0 Å². The number of carbonyl (C=O) groups excluding carboxylic acids is 2. The van der Waals surface area contributed by atoms with E-state index in [0.29, 0.717) is 24.3 Å². The van der Waals surface area contributed by atoms with Crippen LogP contribution in [0.25, 0.3) is 0 Å². The number of hydrogen-bond donors (Lipinski definition) is 0. The highest BCUT2D eigenvalue weighted by atomic mass is 16.5. The molecule has 0 bridgehead atoms. The van der Waals surface area contributed by atoms with Crippen molar-refractivity contribution in [1.29, 1.82) is 0 Å². The van der Waals surface area contributed by atoms with Gasteiger partial charge in [0.15, 0.2) is 0 Å². The Balaban J connectivity index is 1.47. The van der Waals surface area contributed by atoms with E-state index in [1.165, 1.54) is 11.1 Å². The van der Waals surface area contributed by atoms with Crippen LogP contribution in [0.2, 0.25) is 0 Å². The number of esters is 2. The average molecular weight is 411 g/mol. The summed E-state index contributed by atoms with van der Waals surface area (Å²) in [6.07, 6.45) is 8.62. The Labute approximate surface area is 180 Å². The smallest absolute Gasteiger partial charge is 0.311 e. The quantitative estimate of drug-likeness (QED) is 0.216. The molecule has 162 valence electrons. The highest BCUT2D eigenvalue weighted by molar-refractivity contribution is 5.72. The summed E-state index contributed by atoms with van der Waals surface area (Å²) in [7, 11) is 0. The monoisotopic (exact) mass is 410 g/mol. The zero-order valence-electron chi connectivity index (χ0n) is 18.3. The first-order valence-electron chi connectivity index (χ1n) is 11.2. The molecule has 0 atom stereocenters. The van der Waals surface area contributed by atoms with Gasteiger partial charge in [0, 0.05) is 12.8 Å². The van der Waals surface area contributed by atoms with Crippen LogP contribution in [-0.4, -0.2) is 11.9 Å². The molecule has 0 saturated heterocycles. The van der Waals surface area contributed by atoms with Crippen LogP contribution in [0.1, 0.15) is 76.3 Å². The Bertz CT molecular complexity index is 695. The van der Waals surface area contributed by atoms with Crippen LogP contribution in [0.5, 0.6) is 11.5 Å². The summed E-state index contributed by atoms with van der Waals surface area (Å²) in [5, 5.41) is 0. The third kappa shape index (κ3) is 9.25. The molecule has 2 rings (SSSR count).